The second-order valence-electron chi connectivity index (χ2n) is 4.84. The summed E-state index contributed by atoms with van der Waals surface area (Å²) in [6, 6.07) is 7.42. The van der Waals surface area contributed by atoms with Crippen molar-refractivity contribution in [1.82, 2.24) is 0 Å². The van der Waals surface area contributed by atoms with Crippen molar-refractivity contribution >= 4 is 5.91 Å². The van der Waals surface area contributed by atoms with Crippen molar-refractivity contribution in [3.63, 3.8) is 0 Å². The molecule has 2 unspecified atom stereocenters. The minimum atomic E-state index is -0.383. The van der Waals surface area contributed by atoms with E-state index in [-0.39, 0.29) is 17.9 Å². The number of rotatable bonds is 3. The molecular formula is C14H19NO2. The average Bonchev–Trinajstić information content (AvgIpc) is 2.32. The molecule has 1 aliphatic carbocycles. The molecule has 3 N–H and O–H groups in total. The summed E-state index contributed by atoms with van der Waals surface area (Å²) in [4.78, 5) is 11.3. The zero-order valence-corrected chi connectivity index (χ0v) is 9.93. The van der Waals surface area contributed by atoms with E-state index in [2.05, 4.69) is 0 Å². The van der Waals surface area contributed by atoms with Crippen molar-refractivity contribution in [2.24, 2.45) is 11.7 Å². The summed E-state index contributed by atoms with van der Waals surface area (Å²) in [6.07, 6.45) is 4.71. The van der Waals surface area contributed by atoms with E-state index < -0.39 is 0 Å². The molecule has 92 valence electrons. The second kappa shape index (κ2) is 5.32. The molecule has 2 atom stereocenters. The van der Waals surface area contributed by atoms with Gasteiger partial charge < -0.3 is 10.8 Å². The molecule has 0 heterocycles. The minimum Gasteiger partial charge on any atom is -0.393 e. The van der Waals surface area contributed by atoms with E-state index in [0.29, 0.717) is 5.56 Å². The molecule has 1 aromatic carbocycles. The number of nitrogens with two attached hydrogens (primary N) is 1. The molecule has 17 heavy (non-hydrogen) atoms. The van der Waals surface area contributed by atoms with Crippen molar-refractivity contribution in [3.05, 3.63) is 35.4 Å². The first-order valence-corrected chi connectivity index (χ1v) is 6.24. The highest BCUT2D eigenvalue weighted by atomic mass is 16.3. The van der Waals surface area contributed by atoms with Crippen molar-refractivity contribution < 1.29 is 9.90 Å². The monoisotopic (exact) mass is 233 g/mol. The molecular weight excluding hydrogens is 214 g/mol. The van der Waals surface area contributed by atoms with Crippen LogP contribution in [0, 0.1) is 5.92 Å². The lowest BCUT2D eigenvalue weighted by Crippen LogP contribution is -2.27. The number of hydrogen-bond donors (Lipinski definition) is 2. The molecule has 1 aromatic rings. The highest BCUT2D eigenvalue weighted by Crippen LogP contribution is 2.28. The Kier molecular flexibility index (Phi) is 3.79. The largest absolute Gasteiger partial charge is 0.393 e. The molecule has 2 rings (SSSR count). The van der Waals surface area contributed by atoms with Gasteiger partial charge in [0.25, 0.3) is 0 Å². The van der Waals surface area contributed by atoms with Crippen LogP contribution < -0.4 is 5.73 Å². The fourth-order valence-electron chi connectivity index (χ4n) is 2.65. The number of carbonyl (C=O) groups excluding carboxylic acids is 1. The lowest BCUT2D eigenvalue weighted by atomic mass is 9.81. The van der Waals surface area contributed by atoms with E-state index in [9.17, 15) is 9.90 Å². The van der Waals surface area contributed by atoms with Crippen LogP contribution in [0.25, 0.3) is 0 Å². The summed E-state index contributed by atoms with van der Waals surface area (Å²) in [5, 5.41) is 9.94. The van der Waals surface area contributed by atoms with Crippen molar-refractivity contribution in [2.75, 3.05) is 0 Å². The van der Waals surface area contributed by atoms with E-state index >= 15 is 0 Å². The first-order valence-electron chi connectivity index (χ1n) is 6.24. The van der Waals surface area contributed by atoms with Crippen LogP contribution in [0.1, 0.15) is 41.6 Å². The van der Waals surface area contributed by atoms with Crippen molar-refractivity contribution in [2.45, 2.75) is 38.2 Å². The average molecular weight is 233 g/mol. The van der Waals surface area contributed by atoms with Crippen LogP contribution in [0.5, 0.6) is 0 Å². The molecule has 0 aliphatic heterocycles. The zero-order valence-electron chi connectivity index (χ0n) is 9.93. The first-order chi connectivity index (χ1) is 8.18. The summed E-state index contributed by atoms with van der Waals surface area (Å²) in [7, 11) is 0. The van der Waals surface area contributed by atoms with E-state index in [1.54, 1.807) is 6.07 Å². The topological polar surface area (TPSA) is 63.3 Å². The van der Waals surface area contributed by atoms with Gasteiger partial charge >= 0.3 is 0 Å². The molecule has 1 saturated carbocycles. The Morgan fingerprint density at radius 3 is 2.71 bits per heavy atom. The van der Waals surface area contributed by atoms with Gasteiger partial charge in [-0.25, -0.2) is 0 Å². The molecule has 3 heteroatoms. The number of hydrogen-bond acceptors (Lipinski definition) is 2. The van der Waals surface area contributed by atoms with Crippen LogP contribution in [-0.4, -0.2) is 17.1 Å². The van der Waals surface area contributed by atoms with Crippen LogP contribution in [-0.2, 0) is 6.42 Å². The smallest absolute Gasteiger partial charge is 0.248 e. The lowest BCUT2D eigenvalue weighted by Gasteiger charge is -2.28. The third-order valence-electron chi connectivity index (χ3n) is 3.63. The molecule has 0 radical (unpaired) electrons. The van der Waals surface area contributed by atoms with Crippen LogP contribution in [0.15, 0.2) is 24.3 Å². The molecule has 1 aliphatic rings. The Labute approximate surface area is 102 Å². The van der Waals surface area contributed by atoms with Crippen LogP contribution in [0.2, 0.25) is 0 Å². The van der Waals surface area contributed by atoms with Crippen molar-refractivity contribution in [1.29, 1.82) is 0 Å². The van der Waals surface area contributed by atoms with E-state index in [4.69, 9.17) is 5.73 Å². The van der Waals surface area contributed by atoms with Gasteiger partial charge in [0, 0.05) is 5.56 Å². The standard InChI is InChI=1S/C14H19NO2/c15-14(17)12-7-3-1-5-10(12)9-11-6-2-4-8-13(11)16/h1,3,5,7,11,13,16H,2,4,6,8-9H2,(H2,15,17). The van der Waals surface area contributed by atoms with Crippen LogP contribution in [0.4, 0.5) is 0 Å². The second-order valence-corrected chi connectivity index (χ2v) is 4.84. The quantitative estimate of drug-likeness (QED) is 0.837. The predicted molar refractivity (Wildman–Crippen MR) is 66.6 cm³/mol. The van der Waals surface area contributed by atoms with Gasteiger partial charge in [0.05, 0.1) is 6.10 Å². The maximum Gasteiger partial charge on any atom is 0.248 e. The molecule has 0 aromatic heterocycles. The summed E-state index contributed by atoms with van der Waals surface area (Å²) < 4.78 is 0. The number of primary amides is 1. The third-order valence-corrected chi connectivity index (χ3v) is 3.63. The molecule has 3 nitrogen and oxygen atoms in total. The number of amides is 1. The number of benzene rings is 1. The van der Waals surface area contributed by atoms with Gasteiger partial charge in [0.15, 0.2) is 0 Å². The highest BCUT2D eigenvalue weighted by Gasteiger charge is 2.24. The normalized spacial score (nSPS) is 24.5. The summed E-state index contributed by atoms with van der Waals surface area (Å²) in [6.45, 7) is 0. The zero-order chi connectivity index (χ0) is 12.3. The fourth-order valence-corrected chi connectivity index (χ4v) is 2.65. The van der Waals surface area contributed by atoms with E-state index in [1.165, 1.54) is 6.42 Å². The highest BCUT2D eigenvalue weighted by molar-refractivity contribution is 5.94. The predicted octanol–water partition coefficient (Wildman–Crippen LogP) is 1.88. The van der Waals surface area contributed by atoms with Gasteiger partial charge in [-0.05, 0) is 36.8 Å². The van der Waals surface area contributed by atoms with Gasteiger partial charge in [-0.2, -0.15) is 0 Å². The Balaban J connectivity index is 2.14. The Morgan fingerprint density at radius 1 is 1.29 bits per heavy atom. The Hall–Kier alpha value is -1.35. The molecule has 0 spiro atoms. The fraction of sp³-hybridized carbons (Fsp3) is 0.500. The first kappa shape index (κ1) is 12.1. The van der Waals surface area contributed by atoms with Gasteiger partial charge in [0.2, 0.25) is 5.91 Å². The lowest BCUT2D eigenvalue weighted by molar-refractivity contribution is 0.0697. The van der Waals surface area contributed by atoms with E-state index in [1.807, 2.05) is 18.2 Å². The van der Waals surface area contributed by atoms with Gasteiger partial charge in [-0.3, -0.25) is 4.79 Å². The number of aliphatic hydroxyl groups is 1. The third kappa shape index (κ3) is 2.86. The minimum absolute atomic E-state index is 0.232. The Bertz CT molecular complexity index is 403. The molecule has 0 saturated heterocycles. The molecule has 0 bridgehead atoms. The summed E-state index contributed by atoms with van der Waals surface area (Å²) in [5.41, 5.74) is 6.90. The maximum absolute atomic E-state index is 11.3. The maximum atomic E-state index is 11.3. The summed E-state index contributed by atoms with van der Waals surface area (Å²) in [5.74, 6) is -0.116. The van der Waals surface area contributed by atoms with Crippen LogP contribution in [0.3, 0.4) is 0 Å². The van der Waals surface area contributed by atoms with Crippen molar-refractivity contribution in [3.8, 4) is 0 Å². The number of aliphatic hydroxyl groups excluding tert-OH is 1. The van der Waals surface area contributed by atoms with Crippen LogP contribution >= 0.6 is 0 Å². The van der Waals surface area contributed by atoms with Gasteiger partial charge in [-0.15, -0.1) is 0 Å². The van der Waals surface area contributed by atoms with Gasteiger partial charge in [-0.1, -0.05) is 31.0 Å². The summed E-state index contributed by atoms with van der Waals surface area (Å²) >= 11 is 0. The molecule has 1 amide bonds. The van der Waals surface area contributed by atoms with E-state index in [0.717, 1.165) is 31.2 Å². The number of carbonyl (C=O) groups is 1. The molecule has 1 fully saturated rings. The SMILES string of the molecule is NC(=O)c1ccccc1CC1CCCCC1O. The van der Waals surface area contributed by atoms with Gasteiger partial charge in [0.1, 0.15) is 0 Å². The Morgan fingerprint density at radius 2 is 2.00 bits per heavy atom.